The van der Waals surface area contributed by atoms with Gasteiger partial charge in [0.05, 0.1) is 0 Å². The van der Waals surface area contributed by atoms with Gasteiger partial charge in [0.15, 0.2) is 6.10 Å². The third-order valence-corrected chi connectivity index (χ3v) is 9.26. The number of allylic oxidation sites excluding steroid dienone is 18. The highest BCUT2D eigenvalue weighted by Gasteiger charge is 2.19. The van der Waals surface area contributed by atoms with Crippen LogP contribution in [0.5, 0.6) is 0 Å². The van der Waals surface area contributed by atoms with Crippen LogP contribution in [0.2, 0.25) is 0 Å². The lowest BCUT2D eigenvalue weighted by molar-refractivity contribution is -0.166. The van der Waals surface area contributed by atoms with E-state index in [1.807, 2.05) is 6.08 Å². The van der Waals surface area contributed by atoms with Crippen LogP contribution >= 0.6 is 0 Å². The lowest BCUT2D eigenvalue weighted by Gasteiger charge is -2.18. The molecule has 0 spiro atoms. The molecule has 6 nitrogen and oxygen atoms in total. The summed E-state index contributed by atoms with van der Waals surface area (Å²) in [7, 11) is 0. The summed E-state index contributed by atoms with van der Waals surface area (Å²) < 4.78 is 16.6. The normalized spacial score (nSPS) is 13.1. The van der Waals surface area contributed by atoms with E-state index in [2.05, 4.69) is 124 Å². The van der Waals surface area contributed by atoms with Crippen LogP contribution in [0.3, 0.4) is 0 Å². The van der Waals surface area contributed by atoms with E-state index in [1.54, 1.807) is 0 Å². The van der Waals surface area contributed by atoms with Crippen LogP contribution in [0.25, 0.3) is 0 Å². The van der Waals surface area contributed by atoms with Gasteiger partial charge in [-0.25, -0.2) is 0 Å². The highest BCUT2D eigenvalue weighted by atomic mass is 16.6. The highest BCUT2D eigenvalue weighted by Crippen LogP contribution is 2.10. The van der Waals surface area contributed by atoms with Gasteiger partial charge < -0.3 is 14.2 Å². The number of hydrogen-bond donors (Lipinski definition) is 0. The Morgan fingerprint density at radius 2 is 0.695 bits per heavy atom. The maximum atomic E-state index is 12.7. The number of rotatable bonds is 40. The maximum absolute atomic E-state index is 12.7. The fourth-order valence-electron chi connectivity index (χ4n) is 5.79. The molecule has 0 aliphatic rings. The number of unbranched alkanes of at least 4 members (excludes halogenated alkanes) is 11. The minimum atomic E-state index is -0.835. The van der Waals surface area contributed by atoms with Gasteiger partial charge in [-0.05, 0) is 109 Å². The smallest absolute Gasteiger partial charge is 0.306 e. The zero-order valence-corrected chi connectivity index (χ0v) is 37.7. The molecular formula is C53H84O6. The Morgan fingerprint density at radius 1 is 0.356 bits per heavy atom. The van der Waals surface area contributed by atoms with E-state index in [0.717, 1.165) is 103 Å². The molecule has 0 rings (SSSR count). The Bertz CT molecular complexity index is 1260. The summed E-state index contributed by atoms with van der Waals surface area (Å²) in [5, 5.41) is 0. The molecule has 0 aromatic heterocycles. The Labute approximate surface area is 361 Å². The van der Waals surface area contributed by atoms with Gasteiger partial charge in [-0.1, -0.05) is 169 Å². The van der Waals surface area contributed by atoms with Crippen LogP contribution < -0.4 is 0 Å². The SMILES string of the molecule is CC/C=C\C/C=C\C/C=C\C/C=C\C/C=C\CCCCCC(=O)OCC(COC(=O)CCCC/C=C\C/C=C\CC)OC(=O)CC/C=C\C/C=C\CCCCCCCC. The van der Waals surface area contributed by atoms with Gasteiger partial charge in [0.25, 0.3) is 0 Å². The molecule has 332 valence electrons. The molecule has 0 saturated carbocycles. The molecule has 6 heteroatoms. The molecule has 0 fully saturated rings. The van der Waals surface area contributed by atoms with Crippen molar-refractivity contribution in [1.29, 1.82) is 0 Å². The summed E-state index contributed by atoms with van der Waals surface area (Å²) in [6.07, 6.45) is 62.4. The molecule has 59 heavy (non-hydrogen) atoms. The molecule has 0 aliphatic carbocycles. The minimum Gasteiger partial charge on any atom is -0.462 e. The van der Waals surface area contributed by atoms with Crippen LogP contribution in [0.15, 0.2) is 109 Å². The minimum absolute atomic E-state index is 0.131. The molecule has 0 aromatic carbocycles. The highest BCUT2D eigenvalue weighted by molar-refractivity contribution is 5.71. The molecule has 0 saturated heterocycles. The Balaban J connectivity index is 4.50. The van der Waals surface area contributed by atoms with Crippen LogP contribution in [0, 0.1) is 0 Å². The summed E-state index contributed by atoms with van der Waals surface area (Å²) >= 11 is 0. The second kappa shape index (κ2) is 46.8. The topological polar surface area (TPSA) is 78.9 Å². The summed E-state index contributed by atoms with van der Waals surface area (Å²) in [4.78, 5) is 37.7. The first-order valence-electron chi connectivity index (χ1n) is 23.4. The monoisotopic (exact) mass is 817 g/mol. The van der Waals surface area contributed by atoms with Crippen molar-refractivity contribution >= 4 is 17.9 Å². The zero-order valence-electron chi connectivity index (χ0n) is 37.7. The Morgan fingerprint density at radius 3 is 1.14 bits per heavy atom. The van der Waals surface area contributed by atoms with Crippen molar-refractivity contribution in [3.8, 4) is 0 Å². The molecule has 0 aromatic rings. The first kappa shape index (κ1) is 55.1. The van der Waals surface area contributed by atoms with Gasteiger partial charge in [0.2, 0.25) is 0 Å². The van der Waals surface area contributed by atoms with Crippen molar-refractivity contribution in [3.63, 3.8) is 0 Å². The van der Waals surface area contributed by atoms with Crippen LogP contribution in [0.1, 0.15) is 188 Å². The molecule has 0 amide bonds. The van der Waals surface area contributed by atoms with Crippen molar-refractivity contribution in [1.82, 2.24) is 0 Å². The maximum Gasteiger partial charge on any atom is 0.306 e. The van der Waals surface area contributed by atoms with Crippen LogP contribution in [-0.4, -0.2) is 37.2 Å². The summed E-state index contributed by atoms with van der Waals surface area (Å²) in [6, 6.07) is 0. The van der Waals surface area contributed by atoms with E-state index in [0.29, 0.717) is 19.3 Å². The summed E-state index contributed by atoms with van der Waals surface area (Å²) in [6.45, 7) is 6.25. The lowest BCUT2D eigenvalue weighted by atomic mass is 10.1. The number of carbonyl (C=O) groups excluding carboxylic acids is 3. The van der Waals surface area contributed by atoms with E-state index in [4.69, 9.17) is 14.2 Å². The number of hydrogen-bond acceptors (Lipinski definition) is 6. The molecule has 1 atom stereocenters. The van der Waals surface area contributed by atoms with Crippen molar-refractivity contribution in [2.75, 3.05) is 13.2 Å². The second-order valence-corrected chi connectivity index (χ2v) is 14.9. The average Bonchev–Trinajstić information content (AvgIpc) is 3.23. The predicted octanol–water partition coefficient (Wildman–Crippen LogP) is 15.2. The van der Waals surface area contributed by atoms with Gasteiger partial charge in [0, 0.05) is 19.3 Å². The van der Waals surface area contributed by atoms with Crippen molar-refractivity contribution in [2.24, 2.45) is 0 Å². The third kappa shape index (κ3) is 45.0. The average molecular weight is 817 g/mol. The van der Waals surface area contributed by atoms with Gasteiger partial charge >= 0.3 is 17.9 Å². The van der Waals surface area contributed by atoms with Crippen molar-refractivity contribution < 1.29 is 28.6 Å². The zero-order chi connectivity index (χ0) is 43.0. The molecule has 0 bridgehead atoms. The van der Waals surface area contributed by atoms with E-state index < -0.39 is 12.1 Å². The van der Waals surface area contributed by atoms with E-state index in [1.165, 1.54) is 38.5 Å². The first-order valence-corrected chi connectivity index (χ1v) is 23.4. The second-order valence-electron chi connectivity index (χ2n) is 14.9. The number of esters is 3. The van der Waals surface area contributed by atoms with Gasteiger partial charge in [0.1, 0.15) is 13.2 Å². The largest absolute Gasteiger partial charge is 0.462 e. The molecule has 0 N–H and O–H groups in total. The van der Waals surface area contributed by atoms with Gasteiger partial charge in [-0.15, -0.1) is 0 Å². The molecular weight excluding hydrogens is 733 g/mol. The van der Waals surface area contributed by atoms with Gasteiger partial charge in [-0.3, -0.25) is 14.4 Å². The van der Waals surface area contributed by atoms with Crippen LogP contribution in [-0.2, 0) is 28.6 Å². The molecule has 0 aliphatic heterocycles. The van der Waals surface area contributed by atoms with Gasteiger partial charge in [-0.2, -0.15) is 0 Å². The fourth-order valence-corrected chi connectivity index (χ4v) is 5.79. The quantitative estimate of drug-likeness (QED) is 0.0265. The summed E-state index contributed by atoms with van der Waals surface area (Å²) in [5.41, 5.74) is 0. The van der Waals surface area contributed by atoms with E-state index >= 15 is 0 Å². The van der Waals surface area contributed by atoms with E-state index in [-0.39, 0.29) is 31.6 Å². The third-order valence-electron chi connectivity index (χ3n) is 9.26. The lowest BCUT2D eigenvalue weighted by Crippen LogP contribution is -2.30. The standard InChI is InChI=1S/C53H84O6/c1-4-7-10-13-16-19-21-23-24-25-26-27-28-30-31-34-37-40-43-46-52(55)58-49-50(48-57-51(54)45-42-39-36-33-18-15-12-9-6-3)59-53(56)47-44-41-38-35-32-29-22-20-17-14-11-8-5-2/h7,9-10,12,16,18-19,23-24,26-27,29-33,38,41,50H,4-6,8,11,13-15,17,20-22,25,28,34-37,39-40,42-49H2,1-3H3/b10-7-,12-9-,19-16-,24-23-,27-26-,31-30-,32-29-,33-18-,41-38-. The van der Waals surface area contributed by atoms with E-state index in [9.17, 15) is 14.4 Å². The molecule has 1 unspecified atom stereocenters. The number of carbonyl (C=O) groups is 3. The first-order chi connectivity index (χ1) is 29.0. The molecule has 0 radical (unpaired) electrons. The Kier molecular flexibility index (Phi) is 43.6. The van der Waals surface area contributed by atoms with Crippen LogP contribution in [0.4, 0.5) is 0 Å². The predicted molar refractivity (Wildman–Crippen MR) is 251 cm³/mol. The van der Waals surface area contributed by atoms with Crippen molar-refractivity contribution in [3.05, 3.63) is 109 Å². The molecule has 0 heterocycles. The Hall–Kier alpha value is -3.93. The summed E-state index contributed by atoms with van der Waals surface area (Å²) in [5.74, 6) is -1.08. The van der Waals surface area contributed by atoms with Crippen molar-refractivity contribution in [2.45, 2.75) is 194 Å². The number of ether oxygens (including phenoxy) is 3. The fraction of sp³-hybridized carbons (Fsp3) is 0.604.